The summed E-state index contributed by atoms with van der Waals surface area (Å²) in [6.07, 6.45) is 10.0. The van der Waals surface area contributed by atoms with E-state index in [0.717, 1.165) is 18.5 Å². The molecule has 9 heteroatoms. The molecule has 1 fully saturated rings. The molecule has 3 heterocycles. The summed E-state index contributed by atoms with van der Waals surface area (Å²) in [6.45, 7) is 3.26. The third kappa shape index (κ3) is 5.54. The van der Waals surface area contributed by atoms with Gasteiger partial charge in [-0.1, -0.05) is 19.1 Å². The zero-order valence-electron chi connectivity index (χ0n) is 18.8. The molecule has 1 aliphatic heterocycles. The molecule has 0 aliphatic carbocycles. The minimum atomic E-state index is -0.544. The first-order valence-electron chi connectivity index (χ1n) is 11.1. The van der Waals surface area contributed by atoms with Crippen LogP contribution in [0.15, 0.2) is 55.2 Å². The van der Waals surface area contributed by atoms with E-state index in [0.29, 0.717) is 42.6 Å². The lowest BCUT2D eigenvalue weighted by Gasteiger charge is -2.34. The Balaban J connectivity index is 1.36. The lowest BCUT2D eigenvalue weighted by atomic mass is 9.93. The number of methoxy groups -OCH3 is 1. The highest BCUT2D eigenvalue weighted by Gasteiger charge is 2.30. The molecule has 9 nitrogen and oxygen atoms in total. The third-order valence-corrected chi connectivity index (χ3v) is 5.68. The Bertz CT molecular complexity index is 1060. The molecule has 172 valence electrons. The van der Waals surface area contributed by atoms with Gasteiger partial charge in [0.1, 0.15) is 11.6 Å². The fraction of sp³-hybridized carbons (Fsp3) is 0.375. The van der Waals surface area contributed by atoms with E-state index in [9.17, 15) is 4.79 Å². The fourth-order valence-electron chi connectivity index (χ4n) is 3.91. The van der Waals surface area contributed by atoms with Crippen molar-refractivity contribution in [3.63, 3.8) is 0 Å². The zero-order valence-corrected chi connectivity index (χ0v) is 18.8. The van der Waals surface area contributed by atoms with Crippen molar-refractivity contribution in [2.24, 2.45) is 0 Å². The molecule has 1 atom stereocenters. The Kier molecular flexibility index (Phi) is 7.29. The Morgan fingerprint density at radius 2 is 1.85 bits per heavy atom. The first kappa shape index (κ1) is 22.4. The van der Waals surface area contributed by atoms with Crippen LogP contribution in [0, 0.1) is 0 Å². The number of amides is 1. The normalized spacial score (nSPS) is 15.0. The molecule has 1 N–H and O–H groups in total. The van der Waals surface area contributed by atoms with Crippen molar-refractivity contribution < 1.29 is 14.3 Å². The highest BCUT2D eigenvalue weighted by atomic mass is 16.5. The van der Waals surface area contributed by atoms with Crippen molar-refractivity contribution in [2.75, 3.05) is 25.5 Å². The smallest absolute Gasteiger partial charge is 0.263 e. The van der Waals surface area contributed by atoms with E-state index in [1.54, 1.807) is 38.1 Å². The molecule has 1 aromatic carbocycles. The lowest BCUT2D eigenvalue weighted by molar-refractivity contribution is -0.140. The van der Waals surface area contributed by atoms with Crippen LogP contribution in [-0.4, -0.2) is 57.0 Å². The summed E-state index contributed by atoms with van der Waals surface area (Å²) < 4.78 is 11.4. The highest BCUT2D eigenvalue weighted by molar-refractivity contribution is 5.81. The maximum atomic E-state index is 13.1. The Morgan fingerprint density at radius 3 is 2.55 bits per heavy atom. The molecule has 33 heavy (non-hydrogen) atoms. The number of carbonyl (C=O) groups excluding carboxylic acids is 1. The van der Waals surface area contributed by atoms with E-state index in [2.05, 4.69) is 20.3 Å². The number of ether oxygens (including phenoxy) is 2. The third-order valence-electron chi connectivity index (χ3n) is 5.68. The monoisotopic (exact) mass is 448 g/mol. The van der Waals surface area contributed by atoms with Crippen LogP contribution in [0.25, 0.3) is 0 Å². The van der Waals surface area contributed by atoms with Gasteiger partial charge in [-0.3, -0.25) is 14.8 Å². The molecule has 0 saturated carbocycles. The standard InChI is InChI=1S/C24H28N6O3/c1-3-19(33-21-7-5-4-6-20(21)32-2)24(31)30-12-8-17(9-13-30)18-14-26-16-23(28-18)29-22-15-25-10-11-27-22/h4-7,10-11,14-17,19H,3,8-9,12-13H2,1-2H3,(H,27,28,29). The van der Waals surface area contributed by atoms with Crippen molar-refractivity contribution in [1.29, 1.82) is 0 Å². The van der Waals surface area contributed by atoms with E-state index >= 15 is 0 Å². The predicted octanol–water partition coefficient (Wildman–Crippen LogP) is 3.58. The van der Waals surface area contributed by atoms with Crippen LogP contribution in [-0.2, 0) is 4.79 Å². The second-order valence-electron chi connectivity index (χ2n) is 7.81. The summed E-state index contributed by atoms with van der Waals surface area (Å²) >= 11 is 0. The Labute approximate surface area is 193 Å². The SMILES string of the molecule is CCC(Oc1ccccc1OC)C(=O)N1CCC(c2cncc(Nc3cnccn3)n2)CC1. The summed E-state index contributed by atoms with van der Waals surface area (Å²) in [6, 6.07) is 7.39. The fourth-order valence-corrected chi connectivity index (χ4v) is 3.91. The molecule has 1 aliphatic rings. The number of hydrogen-bond donors (Lipinski definition) is 1. The van der Waals surface area contributed by atoms with Gasteiger partial charge in [-0.05, 0) is 31.4 Å². The summed E-state index contributed by atoms with van der Waals surface area (Å²) in [4.78, 5) is 32.3. The number of carbonyl (C=O) groups is 1. The van der Waals surface area contributed by atoms with E-state index in [-0.39, 0.29) is 11.8 Å². The lowest BCUT2D eigenvalue weighted by Crippen LogP contribution is -2.45. The van der Waals surface area contributed by atoms with Crippen LogP contribution < -0.4 is 14.8 Å². The van der Waals surface area contributed by atoms with Gasteiger partial charge >= 0.3 is 0 Å². The second kappa shape index (κ2) is 10.7. The van der Waals surface area contributed by atoms with E-state index < -0.39 is 6.10 Å². The van der Waals surface area contributed by atoms with E-state index in [4.69, 9.17) is 14.5 Å². The van der Waals surface area contributed by atoms with Crippen LogP contribution in [0.4, 0.5) is 11.6 Å². The molecule has 2 aromatic heterocycles. The molecule has 1 saturated heterocycles. The molecule has 4 rings (SSSR count). The van der Waals surface area contributed by atoms with Gasteiger partial charge in [0.05, 0.1) is 25.2 Å². The molecule has 3 aromatic rings. The topological polar surface area (TPSA) is 102 Å². The van der Waals surface area contributed by atoms with Gasteiger partial charge in [0.15, 0.2) is 17.6 Å². The second-order valence-corrected chi connectivity index (χ2v) is 7.81. The summed E-state index contributed by atoms with van der Waals surface area (Å²) in [5, 5.41) is 3.13. The zero-order chi connectivity index (χ0) is 23.0. The largest absolute Gasteiger partial charge is 0.493 e. The van der Waals surface area contributed by atoms with Gasteiger partial charge in [0.2, 0.25) is 0 Å². The maximum absolute atomic E-state index is 13.1. The first-order valence-corrected chi connectivity index (χ1v) is 11.1. The van der Waals surface area contributed by atoms with Crippen LogP contribution in [0.5, 0.6) is 11.5 Å². The number of piperidine rings is 1. The predicted molar refractivity (Wildman–Crippen MR) is 124 cm³/mol. The van der Waals surface area contributed by atoms with Gasteiger partial charge in [0, 0.05) is 37.6 Å². The van der Waals surface area contributed by atoms with Gasteiger partial charge in [0.25, 0.3) is 5.91 Å². The molecular weight excluding hydrogens is 420 g/mol. The first-order chi connectivity index (χ1) is 16.2. The van der Waals surface area contributed by atoms with E-state index in [1.807, 2.05) is 36.1 Å². The number of nitrogens with zero attached hydrogens (tertiary/aromatic N) is 5. The quantitative estimate of drug-likeness (QED) is 0.558. The number of likely N-dealkylation sites (tertiary alicyclic amines) is 1. The minimum absolute atomic E-state index is 0.00556. The number of rotatable bonds is 8. The summed E-state index contributed by atoms with van der Waals surface area (Å²) in [5.74, 6) is 2.69. The number of para-hydroxylation sites is 2. The van der Waals surface area contributed by atoms with Crippen molar-refractivity contribution in [3.05, 3.63) is 60.9 Å². The summed E-state index contributed by atoms with van der Waals surface area (Å²) in [5.41, 5.74) is 0.910. The van der Waals surface area contributed by atoms with Crippen molar-refractivity contribution >= 4 is 17.5 Å². The number of hydrogen-bond acceptors (Lipinski definition) is 8. The van der Waals surface area contributed by atoms with Crippen molar-refractivity contribution in [2.45, 2.75) is 38.2 Å². The minimum Gasteiger partial charge on any atom is -0.493 e. The van der Waals surface area contributed by atoms with E-state index in [1.165, 1.54) is 0 Å². The van der Waals surface area contributed by atoms with Crippen molar-refractivity contribution in [3.8, 4) is 11.5 Å². The average Bonchev–Trinajstić information content (AvgIpc) is 2.88. The van der Waals surface area contributed by atoms with Crippen molar-refractivity contribution in [1.82, 2.24) is 24.8 Å². The molecule has 0 radical (unpaired) electrons. The van der Waals surface area contributed by atoms with Gasteiger partial charge in [-0.25, -0.2) is 9.97 Å². The van der Waals surface area contributed by atoms with Gasteiger partial charge in [-0.15, -0.1) is 0 Å². The number of benzene rings is 1. The highest BCUT2D eigenvalue weighted by Crippen LogP contribution is 2.30. The summed E-state index contributed by atoms with van der Waals surface area (Å²) in [7, 11) is 1.59. The molecule has 1 amide bonds. The molecular formula is C24H28N6O3. The Morgan fingerprint density at radius 1 is 1.09 bits per heavy atom. The van der Waals surface area contributed by atoms with Gasteiger partial charge < -0.3 is 19.7 Å². The number of nitrogens with one attached hydrogen (secondary N) is 1. The van der Waals surface area contributed by atoms with Crippen LogP contribution in [0.1, 0.15) is 37.8 Å². The maximum Gasteiger partial charge on any atom is 0.263 e. The average molecular weight is 449 g/mol. The number of aromatic nitrogens is 4. The molecule has 1 unspecified atom stereocenters. The molecule has 0 spiro atoms. The number of anilines is 2. The molecule has 0 bridgehead atoms. The van der Waals surface area contributed by atoms with Gasteiger partial charge in [-0.2, -0.15) is 0 Å². The Hall–Kier alpha value is -3.75. The van der Waals surface area contributed by atoms with Crippen LogP contribution in [0.3, 0.4) is 0 Å². The van der Waals surface area contributed by atoms with Crippen LogP contribution >= 0.6 is 0 Å². The van der Waals surface area contributed by atoms with Crippen LogP contribution in [0.2, 0.25) is 0 Å².